The Bertz CT molecular complexity index is 850. The second-order valence-electron chi connectivity index (χ2n) is 7.36. The molecule has 4 heteroatoms. The molecule has 1 aromatic carbocycles. The lowest BCUT2D eigenvalue weighted by atomic mass is 10.1. The van der Waals surface area contributed by atoms with E-state index in [0.29, 0.717) is 0 Å². The summed E-state index contributed by atoms with van der Waals surface area (Å²) < 4.78 is 2.15. The van der Waals surface area contributed by atoms with Crippen LogP contribution < -0.4 is 0 Å². The Morgan fingerprint density at radius 1 is 0.852 bits per heavy atom. The van der Waals surface area contributed by atoms with E-state index in [1.54, 1.807) is 0 Å². The summed E-state index contributed by atoms with van der Waals surface area (Å²) in [6, 6.07) is 13.0. The van der Waals surface area contributed by atoms with Gasteiger partial charge in [0.05, 0.1) is 5.69 Å². The molecule has 0 aliphatic carbocycles. The summed E-state index contributed by atoms with van der Waals surface area (Å²) >= 11 is 0. The fourth-order valence-electron chi connectivity index (χ4n) is 3.48. The Morgan fingerprint density at radius 2 is 1.48 bits per heavy atom. The molecule has 0 saturated heterocycles. The van der Waals surface area contributed by atoms with Gasteiger partial charge in [-0.1, -0.05) is 36.8 Å². The molecule has 0 N–H and O–H groups in total. The van der Waals surface area contributed by atoms with E-state index >= 15 is 0 Å². The van der Waals surface area contributed by atoms with Crippen molar-refractivity contribution in [2.24, 2.45) is 0 Å². The quantitative estimate of drug-likeness (QED) is 0.576. The number of nitrogens with zero attached hydrogens (tertiary/aromatic N) is 4. The average Bonchev–Trinajstić information content (AvgIpc) is 2.92. The smallest absolute Gasteiger partial charge is 0.0641 e. The van der Waals surface area contributed by atoms with Gasteiger partial charge >= 0.3 is 0 Å². The Hall–Kier alpha value is -2.46. The highest BCUT2D eigenvalue weighted by molar-refractivity contribution is 5.26. The van der Waals surface area contributed by atoms with Crippen LogP contribution in [-0.2, 0) is 26.2 Å². The van der Waals surface area contributed by atoms with E-state index in [4.69, 9.17) is 5.10 Å². The maximum Gasteiger partial charge on any atom is 0.0641 e. The van der Waals surface area contributed by atoms with Crippen molar-refractivity contribution in [3.63, 3.8) is 0 Å². The van der Waals surface area contributed by atoms with Gasteiger partial charge in [-0.05, 0) is 50.5 Å². The van der Waals surface area contributed by atoms with Crippen LogP contribution in [0.4, 0.5) is 0 Å². The molecule has 142 valence electrons. The van der Waals surface area contributed by atoms with Crippen molar-refractivity contribution in [3.05, 3.63) is 82.4 Å². The van der Waals surface area contributed by atoms with Gasteiger partial charge < -0.3 is 0 Å². The monoisotopic (exact) mass is 362 g/mol. The maximum absolute atomic E-state index is 4.76. The zero-order valence-electron chi connectivity index (χ0n) is 16.9. The zero-order chi connectivity index (χ0) is 19.2. The minimum atomic E-state index is 0.897. The van der Waals surface area contributed by atoms with Crippen LogP contribution in [0.3, 0.4) is 0 Å². The number of pyridine rings is 1. The molecule has 2 heterocycles. The summed E-state index contributed by atoms with van der Waals surface area (Å²) in [7, 11) is 0. The normalized spacial score (nSPS) is 11.3. The number of hydrogen-bond donors (Lipinski definition) is 0. The largest absolute Gasteiger partial charge is 0.290 e. The molecule has 0 radical (unpaired) electrons. The fraction of sp³-hybridized carbons (Fsp3) is 0.391. The van der Waals surface area contributed by atoms with Crippen LogP contribution in [0.2, 0.25) is 0 Å². The minimum absolute atomic E-state index is 0.897. The highest BCUT2D eigenvalue weighted by atomic mass is 15.3. The lowest BCUT2D eigenvalue weighted by Crippen LogP contribution is -2.23. The van der Waals surface area contributed by atoms with Crippen LogP contribution in [0.25, 0.3) is 0 Å². The first-order valence-electron chi connectivity index (χ1n) is 9.76. The molecule has 4 nitrogen and oxygen atoms in total. The molecule has 0 unspecified atom stereocenters. The van der Waals surface area contributed by atoms with E-state index < -0.39 is 0 Å². The topological polar surface area (TPSA) is 34.0 Å². The van der Waals surface area contributed by atoms with Crippen molar-refractivity contribution in [1.29, 1.82) is 0 Å². The summed E-state index contributed by atoms with van der Waals surface area (Å²) in [6.07, 6.45) is 4.84. The molecular formula is C23H30N4. The molecule has 0 spiro atoms. The molecule has 0 amide bonds. The van der Waals surface area contributed by atoms with E-state index in [1.165, 1.54) is 27.9 Å². The average molecular weight is 363 g/mol. The SMILES string of the molecule is CCCn1nc(C)c(CN(Cc2ccncc2)Cc2ccc(C)cc2)c1C. The molecule has 3 rings (SSSR count). The van der Waals surface area contributed by atoms with Gasteiger partial charge in [-0.3, -0.25) is 14.6 Å². The molecule has 0 atom stereocenters. The third-order valence-corrected chi connectivity index (χ3v) is 5.03. The van der Waals surface area contributed by atoms with E-state index in [9.17, 15) is 0 Å². The van der Waals surface area contributed by atoms with Crippen molar-refractivity contribution in [2.75, 3.05) is 0 Å². The third-order valence-electron chi connectivity index (χ3n) is 5.03. The van der Waals surface area contributed by atoms with Crippen LogP contribution in [0.1, 0.15) is 47.0 Å². The second kappa shape index (κ2) is 8.96. The minimum Gasteiger partial charge on any atom is -0.290 e. The van der Waals surface area contributed by atoms with Crippen molar-refractivity contribution in [2.45, 2.75) is 60.3 Å². The predicted octanol–water partition coefficient (Wildman–Crippen LogP) is 4.82. The highest BCUT2D eigenvalue weighted by Crippen LogP contribution is 2.20. The standard InChI is InChI=1S/C23H30N4/c1-5-14-27-20(4)23(19(3)25-27)17-26(16-22-10-12-24-13-11-22)15-21-8-6-18(2)7-9-21/h6-13H,5,14-17H2,1-4H3. The van der Waals surface area contributed by atoms with Crippen LogP contribution in [-0.4, -0.2) is 19.7 Å². The second-order valence-corrected chi connectivity index (χ2v) is 7.36. The first-order valence-corrected chi connectivity index (χ1v) is 9.76. The fourth-order valence-corrected chi connectivity index (χ4v) is 3.48. The summed E-state index contributed by atoms with van der Waals surface area (Å²) in [5, 5.41) is 4.76. The summed E-state index contributed by atoms with van der Waals surface area (Å²) in [5.41, 5.74) is 7.71. The van der Waals surface area contributed by atoms with Gasteiger partial charge in [-0.25, -0.2) is 0 Å². The van der Waals surface area contributed by atoms with Gasteiger partial charge in [-0.2, -0.15) is 5.10 Å². The van der Waals surface area contributed by atoms with Crippen LogP contribution in [0, 0.1) is 20.8 Å². The van der Waals surface area contributed by atoms with Crippen molar-refractivity contribution in [3.8, 4) is 0 Å². The van der Waals surface area contributed by atoms with E-state index in [2.05, 4.69) is 78.7 Å². The molecule has 27 heavy (non-hydrogen) atoms. The molecule has 0 bridgehead atoms. The number of hydrogen-bond acceptors (Lipinski definition) is 3. The van der Waals surface area contributed by atoms with Gasteiger partial charge in [0.1, 0.15) is 0 Å². The number of aromatic nitrogens is 3. The highest BCUT2D eigenvalue weighted by Gasteiger charge is 2.16. The van der Waals surface area contributed by atoms with Gasteiger partial charge in [0.2, 0.25) is 0 Å². The summed E-state index contributed by atoms with van der Waals surface area (Å²) in [4.78, 5) is 6.64. The Morgan fingerprint density at radius 3 is 2.11 bits per heavy atom. The Balaban J connectivity index is 1.84. The molecular weight excluding hydrogens is 332 g/mol. The lowest BCUT2D eigenvalue weighted by Gasteiger charge is -2.23. The van der Waals surface area contributed by atoms with Crippen LogP contribution >= 0.6 is 0 Å². The predicted molar refractivity (Wildman–Crippen MR) is 110 cm³/mol. The maximum atomic E-state index is 4.76. The van der Waals surface area contributed by atoms with E-state index in [0.717, 1.165) is 38.3 Å². The molecule has 0 aliphatic rings. The van der Waals surface area contributed by atoms with E-state index in [1.807, 2.05) is 12.4 Å². The first-order chi connectivity index (χ1) is 13.1. The van der Waals surface area contributed by atoms with Gasteiger partial charge in [0, 0.05) is 49.8 Å². The Kier molecular flexibility index (Phi) is 6.40. The van der Waals surface area contributed by atoms with Gasteiger partial charge in [-0.15, -0.1) is 0 Å². The van der Waals surface area contributed by atoms with Crippen molar-refractivity contribution >= 4 is 0 Å². The van der Waals surface area contributed by atoms with Crippen molar-refractivity contribution in [1.82, 2.24) is 19.7 Å². The van der Waals surface area contributed by atoms with Gasteiger partial charge in [0.25, 0.3) is 0 Å². The van der Waals surface area contributed by atoms with Crippen LogP contribution in [0.5, 0.6) is 0 Å². The Labute approximate surface area is 162 Å². The summed E-state index contributed by atoms with van der Waals surface area (Å²) in [6.45, 7) is 12.4. The van der Waals surface area contributed by atoms with Gasteiger partial charge in [0.15, 0.2) is 0 Å². The summed E-state index contributed by atoms with van der Waals surface area (Å²) in [5.74, 6) is 0. The lowest BCUT2D eigenvalue weighted by molar-refractivity contribution is 0.246. The molecule has 0 fully saturated rings. The molecule has 0 saturated carbocycles. The number of aryl methyl sites for hydroxylation is 3. The van der Waals surface area contributed by atoms with Crippen molar-refractivity contribution < 1.29 is 0 Å². The zero-order valence-corrected chi connectivity index (χ0v) is 16.9. The third kappa shape index (κ3) is 5.04. The molecule has 0 aliphatic heterocycles. The molecule has 2 aromatic heterocycles. The number of rotatable bonds is 8. The number of benzene rings is 1. The van der Waals surface area contributed by atoms with E-state index in [-0.39, 0.29) is 0 Å². The van der Waals surface area contributed by atoms with Crippen LogP contribution in [0.15, 0.2) is 48.8 Å². The first kappa shape index (κ1) is 19.3. The molecule has 3 aromatic rings.